The Morgan fingerprint density at radius 3 is 1.35 bits per heavy atom. The third-order valence-electron chi connectivity index (χ3n) is 4.24. The van der Waals surface area contributed by atoms with Crippen LogP contribution in [-0.4, -0.2) is 21.3 Å². The lowest BCUT2D eigenvalue weighted by Gasteiger charge is -2.48. The first-order valence-corrected chi connectivity index (χ1v) is 8.13. The zero-order valence-corrected chi connectivity index (χ0v) is 14.5. The summed E-state index contributed by atoms with van der Waals surface area (Å²) in [6, 6.07) is 0. The van der Waals surface area contributed by atoms with Crippen LogP contribution in [-0.2, 0) is 0 Å². The first-order chi connectivity index (χ1) is 8.96. The molecular formula is C17H36O3. The molecule has 1 unspecified atom stereocenters. The molecular weight excluding hydrogens is 252 g/mol. The van der Waals surface area contributed by atoms with Gasteiger partial charge in [-0.2, -0.15) is 0 Å². The van der Waals surface area contributed by atoms with Crippen molar-refractivity contribution in [1.29, 1.82) is 0 Å². The molecule has 0 saturated heterocycles. The lowest BCUT2D eigenvalue weighted by atomic mass is 9.61. The van der Waals surface area contributed by atoms with Crippen LogP contribution in [0.15, 0.2) is 0 Å². The summed E-state index contributed by atoms with van der Waals surface area (Å²) in [7, 11) is 0. The molecule has 122 valence electrons. The normalized spacial score (nSPS) is 15.4. The lowest BCUT2D eigenvalue weighted by Crippen LogP contribution is -2.54. The quantitative estimate of drug-likeness (QED) is 0.566. The van der Waals surface area contributed by atoms with Crippen LogP contribution in [0.2, 0.25) is 0 Å². The van der Waals surface area contributed by atoms with E-state index in [1.807, 2.05) is 0 Å². The highest BCUT2D eigenvalue weighted by molar-refractivity contribution is 4.93. The van der Waals surface area contributed by atoms with Gasteiger partial charge in [-0.25, -0.2) is 0 Å². The van der Waals surface area contributed by atoms with E-state index in [9.17, 15) is 15.3 Å². The third kappa shape index (κ3) is 5.34. The average Bonchev–Trinajstić information content (AvgIpc) is 2.21. The van der Waals surface area contributed by atoms with E-state index in [2.05, 4.69) is 48.5 Å². The van der Waals surface area contributed by atoms with Crippen molar-refractivity contribution in [3.63, 3.8) is 0 Å². The summed E-state index contributed by atoms with van der Waals surface area (Å²) in [4.78, 5) is 0. The number of aliphatic hydroxyl groups is 3. The third-order valence-corrected chi connectivity index (χ3v) is 4.24. The molecule has 0 rings (SSSR count). The molecule has 0 saturated carbocycles. The molecule has 0 aromatic carbocycles. The molecule has 0 aliphatic rings. The minimum absolute atomic E-state index is 0.104. The van der Waals surface area contributed by atoms with Crippen molar-refractivity contribution >= 4 is 0 Å². The van der Waals surface area contributed by atoms with Crippen molar-refractivity contribution in [3.8, 4) is 0 Å². The van der Waals surface area contributed by atoms with Crippen LogP contribution in [0, 0.1) is 29.1 Å². The maximum atomic E-state index is 10.2. The molecule has 20 heavy (non-hydrogen) atoms. The van der Waals surface area contributed by atoms with Gasteiger partial charge in [0.25, 0.3) is 5.97 Å². The van der Waals surface area contributed by atoms with E-state index in [0.29, 0.717) is 30.6 Å². The fourth-order valence-corrected chi connectivity index (χ4v) is 3.77. The number of hydrogen-bond acceptors (Lipinski definition) is 3. The van der Waals surface area contributed by atoms with Gasteiger partial charge < -0.3 is 15.3 Å². The molecule has 0 aliphatic carbocycles. The van der Waals surface area contributed by atoms with Gasteiger partial charge >= 0.3 is 0 Å². The second-order valence-corrected chi connectivity index (χ2v) is 7.72. The van der Waals surface area contributed by atoms with E-state index in [0.717, 1.165) is 12.8 Å². The van der Waals surface area contributed by atoms with Gasteiger partial charge in [0, 0.05) is 0 Å². The molecule has 0 spiro atoms. The zero-order valence-electron chi connectivity index (χ0n) is 14.5. The van der Waals surface area contributed by atoms with E-state index in [1.54, 1.807) is 0 Å². The first kappa shape index (κ1) is 19.9. The zero-order chi connectivity index (χ0) is 16.1. The minimum atomic E-state index is -2.61. The number of hydrogen-bond donors (Lipinski definition) is 3. The minimum Gasteiger partial charge on any atom is -0.343 e. The van der Waals surface area contributed by atoms with E-state index < -0.39 is 11.4 Å². The standard InChI is InChI=1S/C17H36O3/c1-8-15(9-12(2)3)16(10-13(4)5,11-14(6)7)17(18,19)20/h12-15,18-20H,8-11H2,1-7H3. The molecule has 3 N–H and O–H groups in total. The van der Waals surface area contributed by atoms with Crippen molar-refractivity contribution < 1.29 is 15.3 Å². The van der Waals surface area contributed by atoms with E-state index >= 15 is 0 Å². The predicted molar refractivity (Wildman–Crippen MR) is 84.0 cm³/mol. The summed E-state index contributed by atoms with van der Waals surface area (Å²) in [5.74, 6) is -1.42. The Kier molecular flexibility index (Phi) is 7.72. The van der Waals surface area contributed by atoms with Crippen molar-refractivity contribution in [3.05, 3.63) is 0 Å². The van der Waals surface area contributed by atoms with Gasteiger partial charge in [-0.1, -0.05) is 54.9 Å². The Bertz CT molecular complexity index is 254. The van der Waals surface area contributed by atoms with Gasteiger partial charge in [-0.3, -0.25) is 0 Å². The van der Waals surface area contributed by atoms with Crippen molar-refractivity contribution in [2.24, 2.45) is 29.1 Å². The maximum absolute atomic E-state index is 10.2. The van der Waals surface area contributed by atoms with Crippen LogP contribution in [0.1, 0.15) is 74.1 Å². The molecule has 0 aliphatic heterocycles. The Morgan fingerprint density at radius 1 is 0.750 bits per heavy atom. The first-order valence-electron chi connectivity index (χ1n) is 8.13. The van der Waals surface area contributed by atoms with Crippen LogP contribution in [0.5, 0.6) is 0 Å². The predicted octanol–water partition coefficient (Wildman–Crippen LogP) is 3.77. The van der Waals surface area contributed by atoms with Crippen molar-refractivity contribution in [2.75, 3.05) is 0 Å². The fourth-order valence-electron chi connectivity index (χ4n) is 3.77. The Balaban J connectivity index is 5.67. The van der Waals surface area contributed by atoms with E-state index in [-0.39, 0.29) is 5.92 Å². The Hall–Kier alpha value is -0.120. The summed E-state index contributed by atoms with van der Waals surface area (Å²) in [6.45, 7) is 14.7. The largest absolute Gasteiger partial charge is 0.343 e. The van der Waals surface area contributed by atoms with Gasteiger partial charge in [0.1, 0.15) is 0 Å². The highest BCUT2D eigenvalue weighted by atomic mass is 16.7. The summed E-state index contributed by atoms with van der Waals surface area (Å²) < 4.78 is 0. The van der Waals surface area contributed by atoms with E-state index in [4.69, 9.17) is 0 Å². The van der Waals surface area contributed by atoms with Crippen molar-refractivity contribution in [1.82, 2.24) is 0 Å². The lowest BCUT2D eigenvalue weighted by molar-refractivity contribution is -0.393. The molecule has 0 aromatic heterocycles. The molecule has 0 aromatic rings. The molecule has 0 amide bonds. The number of rotatable bonds is 9. The Morgan fingerprint density at radius 2 is 1.15 bits per heavy atom. The van der Waals surface area contributed by atoms with Crippen LogP contribution in [0.3, 0.4) is 0 Å². The van der Waals surface area contributed by atoms with Gasteiger partial charge in [-0.05, 0) is 42.9 Å². The monoisotopic (exact) mass is 288 g/mol. The van der Waals surface area contributed by atoms with Gasteiger partial charge in [0.05, 0.1) is 5.41 Å². The van der Waals surface area contributed by atoms with E-state index in [1.165, 1.54) is 0 Å². The molecule has 0 heterocycles. The van der Waals surface area contributed by atoms with Gasteiger partial charge in [-0.15, -0.1) is 0 Å². The highest BCUT2D eigenvalue weighted by Gasteiger charge is 2.53. The Labute approximate surface area is 125 Å². The van der Waals surface area contributed by atoms with Crippen molar-refractivity contribution in [2.45, 2.75) is 80.1 Å². The van der Waals surface area contributed by atoms with Crippen LogP contribution in [0.25, 0.3) is 0 Å². The summed E-state index contributed by atoms with van der Waals surface area (Å²) in [5.41, 5.74) is -0.853. The smallest absolute Gasteiger partial charge is 0.281 e. The summed E-state index contributed by atoms with van der Waals surface area (Å²) >= 11 is 0. The van der Waals surface area contributed by atoms with Crippen LogP contribution < -0.4 is 0 Å². The van der Waals surface area contributed by atoms with Gasteiger partial charge in [0.15, 0.2) is 0 Å². The highest BCUT2D eigenvalue weighted by Crippen LogP contribution is 2.50. The second-order valence-electron chi connectivity index (χ2n) is 7.72. The van der Waals surface area contributed by atoms with Gasteiger partial charge in [0.2, 0.25) is 0 Å². The molecule has 0 fully saturated rings. The maximum Gasteiger partial charge on any atom is 0.281 e. The topological polar surface area (TPSA) is 60.7 Å². The SMILES string of the molecule is CCC(CC(C)C)C(CC(C)C)(CC(C)C)C(O)(O)O. The average molecular weight is 288 g/mol. The summed E-state index contributed by atoms with van der Waals surface area (Å²) in [6.07, 6.45) is 3.00. The molecule has 3 nitrogen and oxygen atoms in total. The molecule has 0 bridgehead atoms. The molecule has 3 heteroatoms. The molecule has 1 atom stereocenters. The van der Waals surface area contributed by atoms with Crippen LogP contribution >= 0.6 is 0 Å². The summed E-state index contributed by atoms with van der Waals surface area (Å²) in [5, 5.41) is 30.5. The fraction of sp³-hybridized carbons (Fsp3) is 1.00. The molecule has 0 radical (unpaired) electrons. The van der Waals surface area contributed by atoms with Crippen LogP contribution in [0.4, 0.5) is 0 Å². The second kappa shape index (κ2) is 7.77.